The number of carboxylic acid groups (broad SMARTS) is 1. The van der Waals surface area contributed by atoms with Crippen molar-refractivity contribution in [2.24, 2.45) is 0 Å². The molecule has 0 spiro atoms. The highest BCUT2D eigenvalue weighted by atomic mass is 35.5. The third-order valence-electron chi connectivity index (χ3n) is 4.40. The van der Waals surface area contributed by atoms with E-state index in [1.54, 1.807) is 6.07 Å². The van der Waals surface area contributed by atoms with Crippen molar-refractivity contribution in [3.63, 3.8) is 0 Å². The Kier molecular flexibility index (Phi) is 4.82. The summed E-state index contributed by atoms with van der Waals surface area (Å²) >= 11 is 0. The summed E-state index contributed by atoms with van der Waals surface area (Å²) in [6, 6.07) is 3.94. The van der Waals surface area contributed by atoms with Gasteiger partial charge >= 0.3 is 5.97 Å². The molecule has 2 heterocycles. The van der Waals surface area contributed by atoms with Gasteiger partial charge in [-0.05, 0) is 51.1 Å². The number of halogens is 1. The highest BCUT2D eigenvalue weighted by Gasteiger charge is 2.24. The van der Waals surface area contributed by atoms with Crippen LogP contribution in [0.25, 0.3) is 10.9 Å². The third kappa shape index (κ3) is 2.86. The van der Waals surface area contributed by atoms with Crippen LogP contribution in [0.5, 0.6) is 0 Å². The Labute approximate surface area is 140 Å². The van der Waals surface area contributed by atoms with E-state index in [2.05, 4.69) is 11.8 Å². The quantitative estimate of drug-likeness (QED) is 0.936. The average Bonchev–Trinajstić information content (AvgIpc) is 2.44. The molecule has 0 amide bonds. The number of rotatable bonds is 3. The first-order valence-corrected chi connectivity index (χ1v) is 7.47. The molecular weight excluding hydrogens is 316 g/mol. The first-order valence-electron chi connectivity index (χ1n) is 7.47. The zero-order valence-electron chi connectivity index (χ0n) is 13.5. The molecule has 3 rings (SSSR count). The molecule has 0 bridgehead atoms. The van der Waals surface area contributed by atoms with Crippen LogP contribution in [0.2, 0.25) is 0 Å². The molecule has 2 aromatic rings. The zero-order chi connectivity index (χ0) is 16.0. The Bertz CT molecular complexity index is 827. The van der Waals surface area contributed by atoms with Gasteiger partial charge in [0, 0.05) is 24.2 Å². The standard InChI is InChI=1S/C17H20N2O3.ClH/c1-10-4-6-12-11(8-18(2)3)5-7-13-15(12)19(10)9-14(16(13)20)17(21)22;/h5,7,9-10H,4,6,8H2,1-3H3,(H,21,22);1H. The number of hydrogen-bond donors (Lipinski definition) is 1. The number of aryl methyl sites for hydroxylation is 1. The molecule has 0 saturated carbocycles. The second-order valence-corrected chi connectivity index (χ2v) is 6.31. The number of aromatic nitrogens is 1. The Morgan fingerprint density at radius 1 is 1.39 bits per heavy atom. The number of pyridine rings is 1. The largest absolute Gasteiger partial charge is 0.477 e. The average molecular weight is 337 g/mol. The van der Waals surface area contributed by atoms with Crippen LogP contribution in [-0.4, -0.2) is 34.6 Å². The van der Waals surface area contributed by atoms with Crippen LogP contribution in [0.15, 0.2) is 23.1 Å². The highest BCUT2D eigenvalue weighted by molar-refractivity contribution is 5.94. The van der Waals surface area contributed by atoms with Crippen molar-refractivity contribution in [3.05, 3.63) is 45.2 Å². The van der Waals surface area contributed by atoms with Crippen LogP contribution in [-0.2, 0) is 13.0 Å². The second-order valence-electron chi connectivity index (χ2n) is 6.31. The van der Waals surface area contributed by atoms with Crippen molar-refractivity contribution in [2.45, 2.75) is 32.4 Å². The van der Waals surface area contributed by atoms with E-state index < -0.39 is 5.97 Å². The minimum absolute atomic E-state index is 0. The van der Waals surface area contributed by atoms with Gasteiger partial charge in [0.2, 0.25) is 5.43 Å². The minimum Gasteiger partial charge on any atom is -0.477 e. The maximum Gasteiger partial charge on any atom is 0.341 e. The number of benzene rings is 1. The molecule has 6 heteroatoms. The fraction of sp³-hybridized carbons (Fsp3) is 0.412. The lowest BCUT2D eigenvalue weighted by atomic mass is 9.92. The summed E-state index contributed by atoms with van der Waals surface area (Å²) < 4.78 is 1.97. The van der Waals surface area contributed by atoms with Gasteiger partial charge in [0.25, 0.3) is 0 Å². The summed E-state index contributed by atoms with van der Waals surface area (Å²) in [4.78, 5) is 25.9. The van der Waals surface area contributed by atoms with Crippen LogP contribution in [0.3, 0.4) is 0 Å². The number of carbonyl (C=O) groups is 1. The molecule has 1 aliphatic rings. The molecule has 5 nitrogen and oxygen atoms in total. The third-order valence-corrected chi connectivity index (χ3v) is 4.40. The summed E-state index contributed by atoms with van der Waals surface area (Å²) in [6.07, 6.45) is 3.39. The molecule has 0 aliphatic carbocycles. The van der Waals surface area contributed by atoms with E-state index in [1.807, 2.05) is 24.7 Å². The van der Waals surface area contributed by atoms with Gasteiger partial charge in [0.15, 0.2) is 0 Å². The van der Waals surface area contributed by atoms with Crippen LogP contribution < -0.4 is 5.43 Å². The van der Waals surface area contributed by atoms with Gasteiger partial charge in [-0.15, -0.1) is 12.4 Å². The molecule has 1 aromatic heterocycles. The van der Waals surface area contributed by atoms with E-state index in [0.717, 1.165) is 24.9 Å². The zero-order valence-corrected chi connectivity index (χ0v) is 14.3. The minimum atomic E-state index is -1.16. The fourth-order valence-corrected chi connectivity index (χ4v) is 3.32. The lowest BCUT2D eigenvalue weighted by molar-refractivity contribution is 0.0694. The Balaban J connectivity index is 0.00000192. The van der Waals surface area contributed by atoms with Gasteiger partial charge < -0.3 is 14.6 Å². The normalized spacial score (nSPS) is 16.4. The van der Waals surface area contributed by atoms with Crippen molar-refractivity contribution < 1.29 is 9.90 Å². The van der Waals surface area contributed by atoms with Gasteiger partial charge in [0.1, 0.15) is 5.56 Å². The Morgan fingerprint density at radius 2 is 2.09 bits per heavy atom. The van der Waals surface area contributed by atoms with Crippen LogP contribution in [0, 0.1) is 0 Å². The lowest BCUT2D eigenvalue weighted by Gasteiger charge is -2.28. The van der Waals surface area contributed by atoms with E-state index in [4.69, 9.17) is 0 Å². The van der Waals surface area contributed by atoms with Crippen molar-refractivity contribution in [1.82, 2.24) is 9.47 Å². The summed E-state index contributed by atoms with van der Waals surface area (Å²) in [5.41, 5.74) is 2.77. The topological polar surface area (TPSA) is 62.5 Å². The van der Waals surface area contributed by atoms with Crippen molar-refractivity contribution in [2.75, 3.05) is 14.1 Å². The van der Waals surface area contributed by atoms with Crippen LogP contribution in [0.1, 0.15) is 40.9 Å². The number of hydrogen-bond acceptors (Lipinski definition) is 3. The molecule has 1 atom stereocenters. The monoisotopic (exact) mass is 336 g/mol. The number of aromatic carboxylic acids is 1. The van der Waals surface area contributed by atoms with Crippen molar-refractivity contribution >= 4 is 29.3 Å². The smallest absolute Gasteiger partial charge is 0.341 e. The molecule has 0 radical (unpaired) electrons. The molecule has 1 unspecified atom stereocenters. The number of carboxylic acids is 1. The molecular formula is C17H21ClN2O3. The van der Waals surface area contributed by atoms with Gasteiger partial charge in [-0.1, -0.05) is 6.07 Å². The fourth-order valence-electron chi connectivity index (χ4n) is 3.32. The highest BCUT2D eigenvalue weighted by Crippen LogP contribution is 2.32. The summed E-state index contributed by atoms with van der Waals surface area (Å²) in [6.45, 7) is 2.88. The lowest BCUT2D eigenvalue weighted by Crippen LogP contribution is -2.25. The Morgan fingerprint density at radius 3 is 2.70 bits per heavy atom. The van der Waals surface area contributed by atoms with Crippen LogP contribution in [0.4, 0.5) is 0 Å². The van der Waals surface area contributed by atoms with Crippen LogP contribution >= 0.6 is 12.4 Å². The predicted octanol–water partition coefficient (Wildman–Crippen LogP) is 2.69. The van der Waals surface area contributed by atoms with E-state index in [1.165, 1.54) is 17.3 Å². The van der Waals surface area contributed by atoms with Gasteiger partial charge in [0.05, 0.1) is 5.52 Å². The molecule has 124 valence electrons. The molecule has 1 aliphatic heterocycles. The summed E-state index contributed by atoms with van der Waals surface area (Å²) in [7, 11) is 4.03. The first-order chi connectivity index (χ1) is 10.4. The second kappa shape index (κ2) is 6.34. The molecule has 23 heavy (non-hydrogen) atoms. The van der Waals surface area contributed by atoms with E-state index >= 15 is 0 Å². The van der Waals surface area contributed by atoms with Crippen molar-refractivity contribution in [3.8, 4) is 0 Å². The maximum absolute atomic E-state index is 12.4. The van der Waals surface area contributed by atoms with E-state index in [0.29, 0.717) is 5.39 Å². The van der Waals surface area contributed by atoms with Gasteiger partial charge in [-0.2, -0.15) is 0 Å². The molecule has 0 saturated heterocycles. The maximum atomic E-state index is 12.4. The van der Waals surface area contributed by atoms with E-state index in [9.17, 15) is 14.7 Å². The molecule has 1 aromatic carbocycles. The summed E-state index contributed by atoms with van der Waals surface area (Å²) in [5.74, 6) is -1.16. The predicted molar refractivity (Wildman–Crippen MR) is 92.8 cm³/mol. The van der Waals surface area contributed by atoms with E-state index in [-0.39, 0.29) is 29.4 Å². The SMILES string of the molecule is CC1CCc2c(CN(C)C)ccc3c(=O)c(C(=O)O)cn1c23.Cl. The molecule has 1 N–H and O–H groups in total. The first kappa shape index (κ1) is 17.5. The Hall–Kier alpha value is -1.85. The molecule has 0 fully saturated rings. The van der Waals surface area contributed by atoms with Gasteiger partial charge in [-0.25, -0.2) is 4.79 Å². The number of nitrogens with zero attached hydrogens (tertiary/aromatic N) is 2. The summed E-state index contributed by atoms with van der Waals surface area (Å²) in [5, 5.41) is 9.79. The van der Waals surface area contributed by atoms with Crippen molar-refractivity contribution in [1.29, 1.82) is 0 Å². The van der Waals surface area contributed by atoms with Gasteiger partial charge in [-0.3, -0.25) is 4.79 Å².